The Morgan fingerprint density at radius 3 is 2.83 bits per heavy atom. The van der Waals surface area contributed by atoms with Crippen LogP contribution in [0.25, 0.3) is 5.57 Å². The van der Waals surface area contributed by atoms with E-state index in [1.54, 1.807) is 6.08 Å². The molecule has 7 heteroatoms. The van der Waals surface area contributed by atoms with E-state index in [2.05, 4.69) is 5.32 Å². The number of fused-ring (bicyclic) bond motifs is 6. The van der Waals surface area contributed by atoms with Gasteiger partial charge in [0.1, 0.15) is 18.3 Å². The molecule has 1 aliphatic carbocycles. The largest absolute Gasteiger partial charge is 0.504 e. The van der Waals surface area contributed by atoms with Crippen LogP contribution in [0.3, 0.4) is 0 Å². The van der Waals surface area contributed by atoms with Crippen LogP contribution in [-0.2, 0) is 16.0 Å². The molecule has 0 saturated carbocycles. The van der Waals surface area contributed by atoms with Crippen LogP contribution in [0, 0.1) is 0 Å². The van der Waals surface area contributed by atoms with Crippen molar-refractivity contribution in [2.75, 3.05) is 6.79 Å². The zero-order valence-corrected chi connectivity index (χ0v) is 13.4. The Morgan fingerprint density at radius 2 is 2.00 bits per heavy atom. The standard InChI is InChI=1S/C17H19NO6/c1-17(2)23-14-10(19)3-8-7-4-11-15(22-6-21-11)13(20)9(7)5-18-12(8)16(14)24-17/h3-4,10,12,14,16,18-20H,5-6H2,1-2H3/t10-,12+,14+,16-/m0/s1. The van der Waals surface area contributed by atoms with Gasteiger partial charge >= 0.3 is 0 Å². The van der Waals surface area contributed by atoms with E-state index in [4.69, 9.17) is 18.9 Å². The average Bonchev–Trinajstić information content (AvgIpc) is 3.11. The molecule has 1 aromatic carbocycles. The number of aliphatic hydroxyl groups is 1. The molecule has 1 aromatic rings. The molecular weight excluding hydrogens is 314 g/mol. The first-order valence-electron chi connectivity index (χ1n) is 8.08. The fourth-order valence-electron chi connectivity index (χ4n) is 4.09. The summed E-state index contributed by atoms with van der Waals surface area (Å²) in [5.74, 6) is 0.254. The Hall–Kier alpha value is -1.80. The summed E-state index contributed by atoms with van der Waals surface area (Å²) in [5.41, 5.74) is 2.48. The SMILES string of the molecule is CC1(C)O[C@@H]2[C@H](O1)[C@@H](O)C=C1c3cc4c(c(O)c3CN[C@H]12)OCO4. The Morgan fingerprint density at radius 1 is 1.21 bits per heavy atom. The average molecular weight is 333 g/mol. The Balaban J connectivity index is 1.63. The Labute approximate surface area is 138 Å². The number of phenolic OH excluding ortho intramolecular Hbond substituents is 1. The van der Waals surface area contributed by atoms with Gasteiger partial charge in [-0.3, -0.25) is 0 Å². The predicted molar refractivity (Wildman–Crippen MR) is 82.7 cm³/mol. The van der Waals surface area contributed by atoms with E-state index >= 15 is 0 Å². The lowest BCUT2D eigenvalue weighted by Gasteiger charge is -2.39. The number of nitrogens with one attached hydrogen (secondary N) is 1. The van der Waals surface area contributed by atoms with Gasteiger partial charge in [0.05, 0.1) is 6.04 Å². The minimum Gasteiger partial charge on any atom is -0.504 e. The molecule has 128 valence electrons. The lowest BCUT2D eigenvalue weighted by Crippen LogP contribution is -2.53. The van der Waals surface area contributed by atoms with Crippen molar-refractivity contribution in [1.29, 1.82) is 0 Å². The lowest BCUT2D eigenvalue weighted by atomic mass is 9.79. The van der Waals surface area contributed by atoms with Gasteiger partial charge in [-0.15, -0.1) is 0 Å². The summed E-state index contributed by atoms with van der Waals surface area (Å²) in [6.45, 7) is 4.26. The van der Waals surface area contributed by atoms with Crippen LogP contribution in [0.2, 0.25) is 0 Å². The van der Waals surface area contributed by atoms with Crippen LogP contribution in [0.4, 0.5) is 0 Å². The summed E-state index contributed by atoms with van der Waals surface area (Å²) in [4.78, 5) is 0. The summed E-state index contributed by atoms with van der Waals surface area (Å²) in [6.07, 6.45) is 0.299. The van der Waals surface area contributed by atoms with Gasteiger partial charge in [-0.05, 0) is 37.1 Å². The van der Waals surface area contributed by atoms with Crippen molar-refractivity contribution in [3.05, 3.63) is 23.3 Å². The minimum absolute atomic E-state index is 0.0902. The van der Waals surface area contributed by atoms with Gasteiger partial charge in [0, 0.05) is 12.1 Å². The van der Waals surface area contributed by atoms with Crippen LogP contribution in [0.1, 0.15) is 25.0 Å². The molecule has 7 nitrogen and oxygen atoms in total. The summed E-state index contributed by atoms with van der Waals surface area (Å²) in [6, 6.07) is 1.75. The third-order valence-corrected chi connectivity index (χ3v) is 5.07. The van der Waals surface area contributed by atoms with E-state index in [0.717, 1.165) is 16.7 Å². The number of aromatic hydroxyl groups is 1. The second kappa shape index (κ2) is 4.64. The number of phenols is 1. The van der Waals surface area contributed by atoms with Gasteiger partial charge in [-0.1, -0.05) is 0 Å². The normalized spacial score (nSPS) is 35.0. The minimum atomic E-state index is -0.775. The van der Waals surface area contributed by atoms with E-state index < -0.39 is 18.0 Å². The monoisotopic (exact) mass is 333 g/mol. The number of ether oxygens (including phenoxy) is 4. The third kappa shape index (κ3) is 1.86. The Bertz CT molecular complexity index is 758. The fraction of sp³-hybridized carbons (Fsp3) is 0.529. The van der Waals surface area contributed by atoms with E-state index in [-0.39, 0.29) is 24.7 Å². The van der Waals surface area contributed by atoms with E-state index in [1.165, 1.54) is 0 Å². The van der Waals surface area contributed by atoms with Crippen LogP contribution in [-0.4, -0.2) is 47.1 Å². The topological polar surface area (TPSA) is 89.4 Å². The van der Waals surface area contributed by atoms with Gasteiger partial charge in [0.2, 0.25) is 12.5 Å². The molecule has 3 N–H and O–H groups in total. The van der Waals surface area contributed by atoms with Gasteiger partial charge < -0.3 is 34.5 Å². The quantitative estimate of drug-likeness (QED) is 0.649. The van der Waals surface area contributed by atoms with Crippen LogP contribution >= 0.6 is 0 Å². The number of hydrogen-bond donors (Lipinski definition) is 3. The second-order valence-electron chi connectivity index (χ2n) is 7.02. The lowest BCUT2D eigenvalue weighted by molar-refractivity contribution is -0.152. The van der Waals surface area contributed by atoms with Gasteiger partial charge in [0.15, 0.2) is 17.3 Å². The number of benzene rings is 1. The van der Waals surface area contributed by atoms with Gasteiger partial charge in [0.25, 0.3) is 0 Å². The highest BCUT2D eigenvalue weighted by atomic mass is 16.8. The first-order chi connectivity index (χ1) is 11.4. The maximum atomic E-state index is 10.5. The van der Waals surface area contributed by atoms with E-state index in [0.29, 0.717) is 18.0 Å². The first-order valence-corrected chi connectivity index (χ1v) is 8.08. The van der Waals surface area contributed by atoms with Crippen molar-refractivity contribution in [1.82, 2.24) is 5.32 Å². The van der Waals surface area contributed by atoms with Crippen molar-refractivity contribution in [3.63, 3.8) is 0 Å². The number of hydrogen-bond acceptors (Lipinski definition) is 7. The first kappa shape index (κ1) is 14.5. The molecule has 4 atom stereocenters. The van der Waals surface area contributed by atoms with E-state index in [9.17, 15) is 10.2 Å². The second-order valence-corrected chi connectivity index (χ2v) is 7.02. The van der Waals surface area contributed by atoms with Crippen LogP contribution in [0.15, 0.2) is 12.1 Å². The molecule has 0 unspecified atom stereocenters. The molecule has 0 bridgehead atoms. The number of rotatable bonds is 0. The highest BCUT2D eigenvalue weighted by molar-refractivity contribution is 5.80. The summed E-state index contributed by atoms with van der Waals surface area (Å²) in [5, 5.41) is 24.4. The number of aliphatic hydroxyl groups excluding tert-OH is 1. The van der Waals surface area contributed by atoms with Crippen LogP contribution < -0.4 is 14.8 Å². The van der Waals surface area contributed by atoms with Crippen molar-refractivity contribution in [2.24, 2.45) is 0 Å². The maximum absolute atomic E-state index is 10.5. The molecule has 0 aromatic heterocycles. The molecule has 24 heavy (non-hydrogen) atoms. The smallest absolute Gasteiger partial charge is 0.231 e. The zero-order chi connectivity index (χ0) is 16.6. The molecular formula is C17H19NO6. The van der Waals surface area contributed by atoms with Crippen molar-refractivity contribution in [2.45, 2.75) is 50.5 Å². The molecule has 3 heterocycles. The van der Waals surface area contributed by atoms with E-state index in [1.807, 2.05) is 19.9 Å². The summed E-state index contributed by atoms with van der Waals surface area (Å²) >= 11 is 0. The van der Waals surface area contributed by atoms with Gasteiger partial charge in [-0.2, -0.15) is 0 Å². The highest BCUT2D eigenvalue weighted by Crippen LogP contribution is 2.50. The van der Waals surface area contributed by atoms with Crippen LogP contribution in [0.5, 0.6) is 17.2 Å². The maximum Gasteiger partial charge on any atom is 0.231 e. The molecule has 0 amide bonds. The summed E-state index contributed by atoms with van der Waals surface area (Å²) in [7, 11) is 0. The molecule has 3 aliphatic heterocycles. The fourth-order valence-corrected chi connectivity index (χ4v) is 4.09. The third-order valence-electron chi connectivity index (χ3n) is 5.07. The highest BCUT2D eigenvalue weighted by Gasteiger charge is 2.52. The molecule has 1 saturated heterocycles. The van der Waals surface area contributed by atoms with Gasteiger partial charge in [-0.25, -0.2) is 0 Å². The molecule has 4 aliphatic rings. The molecule has 1 fully saturated rings. The Kier molecular flexibility index (Phi) is 2.81. The van der Waals surface area contributed by atoms with Crippen molar-refractivity contribution in [3.8, 4) is 17.2 Å². The van der Waals surface area contributed by atoms with Crippen molar-refractivity contribution < 1.29 is 29.2 Å². The zero-order valence-electron chi connectivity index (χ0n) is 13.4. The molecule has 5 rings (SSSR count). The van der Waals surface area contributed by atoms with Crippen molar-refractivity contribution >= 4 is 5.57 Å². The predicted octanol–water partition coefficient (Wildman–Crippen LogP) is 0.871. The molecule has 0 spiro atoms. The molecule has 0 radical (unpaired) electrons. The summed E-state index contributed by atoms with van der Waals surface area (Å²) < 4.78 is 22.6.